The van der Waals surface area contributed by atoms with E-state index in [-0.39, 0.29) is 30.4 Å². The van der Waals surface area contributed by atoms with Crippen molar-refractivity contribution in [1.82, 2.24) is 15.2 Å². The molecule has 2 fully saturated rings. The zero-order chi connectivity index (χ0) is 25.0. The number of aryl methyl sites for hydroxylation is 2. The summed E-state index contributed by atoms with van der Waals surface area (Å²) in [6, 6.07) is 13.1. The molecule has 3 aliphatic rings. The molecule has 0 bridgehead atoms. The van der Waals surface area contributed by atoms with E-state index in [0.717, 1.165) is 27.4 Å². The number of carbonyl (C=O) groups excluding carboxylic acids is 3. The van der Waals surface area contributed by atoms with Gasteiger partial charge in [0.1, 0.15) is 5.69 Å². The zero-order valence-electron chi connectivity index (χ0n) is 20.0. The van der Waals surface area contributed by atoms with Crippen LogP contribution in [0.15, 0.2) is 42.5 Å². The molecule has 2 aliphatic heterocycles. The Kier molecular flexibility index (Phi) is 5.52. The molecule has 1 saturated heterocycles. The second-order valence-corrected chi connectivity index (χ2v) is 10.9. The summed E-state index contributed by atoms with van der Waals surface area (Å²) < 4.78 is 5.53. The zero-order valence-corrected chi connectivity index (χ0v) is 20.9. The fourth-order valence-corrected chi connectivity index (χ4v) is 6.25. The van der Waals surface area contributed by atoms with E-state index in [1.807, 2.05) is 36.9 Å². The molecule has 0 spiro atoms. The number of likely N-dealkylation sites (tertiary alicyclic amines) is 1. The van der Waals surface area contributed by atoms with Crippen LogP contribution in [0.2, 0.25) is 0 Å². The lowest BCUT2D eigenvalue weighted by atomic mass is 10.1. The Hall–Kier alpha value is -3.72. The van der Waals surface area contributed by atoms with E-state index in [1.54, 1.807) is 18.2 Å². The van der Waals surface area contributed by atoms with E-state index in [9.17, 15) is 14.4 Å². The molecule has 36 heavy (non-hydrogen) atoms. The van der Waals surface area contributed by atoms with Crippen molar-refractivity contribution in [3.05, 3.63) is 64.3 Å². The largest absolute Gasteiger partial charge is 0.481 e. The third-order valence-electron chi connectivity index (χ3n) is 7.13. The standard InChI is InChI=1S/C27H26N4O4S/c1-14-5-3-6-16(9-14)25-23(29-15(2)36-25)27(34)31-12-17-10-19(17)21(31)11-28-26(33)18-7-4-8-20-24(18)35-13-22(32)30-20/h3-9,17,19,21H,10-13H2,1-2H3,(H,28,33)(H,30,32)/t17-,19-,21+/m0/s1. The van der Waals surface area contributed by atoms with Gasteiger partial charge in [0.25, 0.3) is 17.7 Å². The van der Waals surface area contributed by atoms with Gasteiger partial charge < -0.3 is 20.3 Å². The van der Waals surface area contributed by atoms with Crippen LogP contribution in [0.3, 0.4) is 0 Å². The third-order valence-corrected chi connectivity index (χ3v) is 8.15. The highest BCUT2D eigenvalue weighted by molar-refractivity contribution is 7.15. The van der Waals surface area contributed by atoms with Crippen LogP contribution in [0.1, 0.15) is 37.8 Å². The number of fused-ring (bicyclic) bond motifs is 2. The first kappa shape index (κ1) is 22.7. The third kappa shape index (κ3) is 4.03. The summed E-state index contributed by atoms with van der Waals surface area (Å²) in [6.45, 7) is 4.87. The molecule has 8 nitrogen and oxygen atoms in total. The molecular formula is C27H26N4O4S. The van der Waals surface area contributed by atoms with Gasteiger partial charge in [0.15, 0.2) is 12.4 Å². The fraction of sp³-hybridized carbons (Fsp3) is 0.333. The summed E-state index contributed by atoms with van der Waals surface area (Å²) in [5.41, 5.74) is 3.47. The maximum Gasteiger partial charge on any atom is 0.274 e. The highest BCUT2D eigenvalue weighted by Gasteiger charge is 2.54. The van der Waals surface area contributed by atoms with E-state index < -0.39 is 0 Å². The molecule has 6 rings (SSSR count). The number of thiazole rings is 1. The van der Waals surface area contributed by atoms with E-state index in [1.165, 1.54) is 11.3 Å². The quantitative estimate of drug-likeness (QED) is 0.555. The van der Waals surface area contributed by atoms with Crippen LogP contribution in [0.4, 0.5) is 5.69 Å². The monoisotopic (exact) mass is 502 g/mol. The van der Waals surface area contributed by atoms with Crippen molar-refractivity contribution in [1.29, 1.82) is 0 Å². The minimum atomic E-state index is -0.288. The molecule has 0 unspecified atom stereocenters. The number of nitrogens with one attached hydrogen (secondary N) is 2. The molecule has 1 aromatic heterocycles. The Morgan fingerprint density at radius 2 is 2.06 bits per heavy atom. The number of aromatic nitrogens is 1. The van der Waals surface area contributed by atoms with Crippen molar-refractivity contribution >= 4 is 34.7 Å². The number of ether oxygens (including phenoxy) is 1. The van der Waals surface area contributed by atoms with Crippen molar-refractivity contribution in [2.24, 2.45) is 11.8 Å². The maximum absolute atomic E-state index is 13.8. The first-order valence-corrected chi connectivity index (χ1v) is 12.9. The first-order chi connectivity index (χ1) is 17.4. The predicted molar refractivity (Wildman–Crippen MR) is 136 cm³/mol. The molecule has 3 amide bonds. The van der Waals surface area contributed by atoms with Gasteiger partial charge in [-0.2, -0.15) is 0 Å². The molecule has 2 aromatic carbocycles. The number of hydrogen-bond acceptors (Lipinski definition) is 6. The number of carbonyl (C=O) groups is 3. The molecule has 1 saturated carbocycles. The fourth-order valence-electron chi connectivity index (χ4n) is 5.34. The minimum absolute atomic E-state index is 0.0783. The predicted octanol–water partition coefficient (Wildman–Crippen LogP) is 3.65. The number of anilines is 1. The van der Waals surface area contributed by atoms with Gasteiger partial charge in [-0.3, -0.25) is 14.4 Å². The van der Waals surface area contributed by atoms with Gasteiger partial charge in [0.2, 0.25) is 0 Å². The average molecular weight is 503 g/mol. The van der Waals surface area contributed by atoms with Crippen LogP contribution in [0.25, 0.3) is 10.4 Å². The highest BCUT2D eigenvalue weighted by Crippen LogP contribution is 2.50. The second kappa shape index (κ2) is 8.74. The van der Waals surface area contributed by atoms with Gasteiger partial charge in [-0.15, -0.1) is 11.3 Å². The number of rotatable bonds is 5. The minimum Gasteiger partial charge on any atom is -0.481 e. The Bertz CT molecular complexity index is 1400. The summed E-state index contributed by atoms with van der Waals surface area (Å²) in [5.74, 6) is 0.619. The van der Waals surface area contributed by atoms with Crippen molar-refractivity contribution in [3.8, 4) is 16.2 Å². The Morgan fingerprint density at radius 1 is 1.22 bits per heavy atom. The Balaban J connectivity index is 1.21. The van der Waals surface area contributed by atoms with Gasteiger partial charge in [-0.05, 0) is 49.8 Å². The number of hydrogen-bond donors (Lipinski definition) is 2. The van der Waals surface area contributed by atoms with Crippen molar-refractivity contribution in [2.45, 2.75) is 26.3 Å². The SMILES string of the molecule is Cc1cccc(-c2sc(C)nc2C(=O)N2C[C@@H]3C[C@@H]3[C@H]2CNC(=O)c2cccc3c2OCC(=O)N3)c1. The molecular weight excluding hydrogens is 476 g/mol. The number of benzene rings is 2. The average Bonchev–Trinajstić information content (AvgIpc) is 3.37. The van der Waals surface area contributed by atoms with Crippen molar-refractivity contribution < 1.29 is 19.1 Å². The molecule has 0 radical (unpaired) electrons. The molecule has 9 heteroatoms. The summed E-state index contributed by atoms with van der Waals surface area (Å²) >= 11 is 1.53. The smallest absolute Gasteiger partial charge is 0.274 e. The Morgan fingerprint density at radius 3 is 2.89 bits per heavy atom. The molecule has 1 aliphatic carbocycles. The topological polar surface area (TPSA) is 101 Å². The van der Waals surface area contributed by atoms with Crippen LogP contribution in [0, 0.1) is 25.7 Å². The Labute approximate surface area is 212 Å². The van der Waals surface area contributed by atoms with Crippen LogP contribution in [-0.4, -0.2) is 53.3 Å². The second-order valence-electron chi connectivity index (χ2n) is 9.69. The summed E-state index contributed by atoms with van der Waals surface area (Å²) in [5, 5.41) is 6.59. The summed E-state index contributed by atoms with van der Waals surface area (Å²) in [7, 11) is 0. The van der Waals surface area contributed by atoms with Crippen LogP contribution in [0.5, 0.6) is 5.75 Å². The van der Waals surface area contributed by atoms with E-state index in [4.69, 9.17) is 4.74 Å². The van der Waals surface area contributed by atoms with Gasteiger partial charge in [0, 0.05) is 13.1 Å². The number of piperidine rings is 1. The van der Waals surface area contributed by atoms with Gasteiger partial charge in [0.05, 0.1) is 27.2 Å². The molecule has 184 valence electrons. The van der Waals surface area contributed by atoms with E-state index >= 15 is 0 Å². The molecule has 2 N–H and O–H groups in total. The molecule has 3 aromatic rings. The van der Waals surface area contributed by atoms with Crippen LogP contribution < -0.4 is 15.4 Å². The number of para-hydroxylation sites is 1. The lowest BCUT2D eigenvalue weighted by Crippen LogP contribution is -2.46. The summed E-state index contributed by atoms with van der Waals surface area (Å²) in [4.78, 5) is 45.8. The molecule has 3 heterocycles. The van der Waals surface area contributed by atoms with E-state index in [0.29, 0.717) is 47.6 Å². The lowest BCUT2D eigenvalue weighted by Gasteiger charge is -2.28. The summed E-state index contributed by atoms with van der Waals surface area (Å²) in [6.07, 6.45) is 1.07. The number of nitrogens with zero attached hydrogens (tertiary/aromatic N) is 2. The van der Waals surface area contributed by atoms with Crippen LogP contribution >= 0.6 is 11.3 Å². The first-order valence-electron chi connectivity index (χ1n) is 12.1. The van der Waals surface area contributed by atoms with Gasteiger partial charge in [-0.25, -0.2) is 4.98 Å². The van der Waals surface area contributed by atoms with E-state index in [2.05, 4.69) is 21.7 Å². The maximum atomic E-state index is 13.8. The normalized spacial score (nSPS) is 21.8. The number of amides is 3. The van der Waals surface area contributed by atoms with Gasteiger partial charge >= 0.3 is 0 Å². The lowest BCUT2D eigenvalue weighted by molar-refractivity contribution is -0.118. The van der Waals surface area contributed by atoms with Crippen molar-refractivity contribution in [3.63, 3.8) is 0 Å². The van der Waals surface area contributed by atoms with Crippen molar-refractivity contribution in [2.75, 3.05) is 25.0 Å². The highest BCUT2D eigenvalue weighted by atomic mass is 32.1. The van der Waals surface area contributed by atoms with Gasteiger partial charge in [-0.1, -0.05) is 35.9 Å². The van der Waals surface area contributed by atoms with Crippen LogP contribution in [-0.2, 0) is 4.79 Å². The molecule has 3 atom stereocenters.